The van der Waals surface area contributed by atoms with Crippen LogP contribution in [0.5, 0.6) is 11.5 Å². The Balaban J connectivity index is 1.21. The zero-order valence-electron chi connectivity index (χ0n) is 25.7. The third-order valence-corrected chi connectivity index (χ3v) is 9.92. The van der Waals surface area contributed by atoms with Gasteiger partial charge in [-0.05, 0) is 59.2 Å². The highest BCUT2D eigenvalue weighted by Crippen LogP contribution is 2.59. The molecule has 9 rings (SSSR count). The molecule has 0 fully saturated rings. The highest BCUT2D eigenvalue weighted by Gasteiger charge is 2.45. The van der Waals surface area contributed by atoms with E-state index in [0.717, 1.165) is 39.9 Å². The first-order chi connectivity index (χ1) is 21.8. The molecule has 0 spiro atoms. The third kappa shape index (κ3) is 3.55. The second-order valence-corrected chi connectivity index (χ2v) is 13.2. The monoisotopic (exact) mass is 584 g/mol. The molecule has 4 aromatic carbocycles. The maximum absolute atomic E-state index is 6.68. The van der Waals surface area contributed by atoms with Crippen LogP contribution in [0.4, 0.5) is 17.2 Å². The van der Waals surface area contributed by atoms with Crippen LogP contribution in [0.1, 0.15) is 49.9 Å². The maximum Gasteiger partial charge on any atom is 0.141 e. The van der Waals surface area contributed by atoms with Crippen molar-refractivity contribution in [1.82, 2.24) is 14.5 Å². The number of hydrogen-bond donors (Lipinski definition) is 0. The van der Waals surface area contributed by atoms with Gasteiger partial charge in [0.1, 0.15) is 23.1 Å². The van der Waals surface area contributed by atoms with E-state index >= 15 is 0 Å². The molecule has 218 valence electrons. The van der Waals surface area contributed by atoms with Gasteiger partial charge < -0.3 is 4.74 Å². The average molecular weight is 585 g/mol. The van der Waals surface area contributed by atoms with Gasteiger partial charge in [-0.3, -0.25) is 9.47 Å². The maximum atomic E-state index is 6.68. The first-order valence-corrected chi connectivity index (χ1v) is 15.5. The molecule has 0 unspecified atom stereocenters. The topological polar surface area (TPSA) is 43.2 Å². The fraction of sp³-hybridized carbons (Fsp3) is 0.150. The van der Waals surface area contributed by atoms with Crippen molar-refractivity contribution in [2.24, 2.45) is 0 Å². The van der Waals surface area contributed by atoms with Crippen molar-refractivity contribution in [3.8, 4) is 17.3 Å². The van der Waals surface area contributed by atoms with E-state index in [4.69, 9.17) is 9.72 Å². The van der Waals surface area contributed by atoms with Gasteiger partial charge in [0, 0.05) is 51.7 Å². The number of para-hydroxylation sites is 2. The van der Waals surface area contributed by atoms with Crippen LogP contribution in [0.2, 0.25) is 0 Å². The zero-order chi connectivity index (χ0) is 30.5. The Kier molecular flexibility index (Phi) is 5.23. The van der Waals surface area contributed by atoms with Gasteiger partial charge in [0.15, 0.2) is 0 Å². The Labute approximate surface area is 262 Å². The van der Waals surface area contributed by atoms with Crippen LogP contribution >= 0.6 is 0 Å². The number of fused-ring (bicyclic) bond motifs is 7. The van der Waals surface area contributed by atoms with E-state index in [2.05, 4.69) is 127 Å². The molecule has 7 aromatic rings. The summed E-state index contributed by atoms with van der Waals surface area (Å²) in [5.41, 5.74) is 9.27. The van der Waals surface area contributed by atoms with Gasteiger partial charge in [-0.1, -0.05) is 82.3 Å². The molecule has 0 N–H and O–H groups in total. The Hall–Kier alpha value is -5.42. The molecule has 0 aliphatic carbocycles. The normalized spacial score (nSPS) is 15.4. The molecular weight excluding hydrogens is 552 g/mol. The second kappa shape index (κ2) is 9.05. The number of ether oxygens (including phenoxy) is 1. The largest absolute Gasteiger partial charge is 0.457 e. The van der Waals surface area contributed by atoms with Gasteiger partial charge >= 0.3 is 0 Å². The average Bonchev–Trinajstić information content (AvgIpc) is 3.38. The summed E-state index contributed by atoms with van der Waals surface area (Å²) in [5.74, 6) is 3.42. The summed E-state index contributed by atoms with van der Waals surface area (Å²) < 4.78 is 8.90. The molecular formula is C40H32N4O. The molecule has 0 saturated carbocycles. The van der Waals surface area contributed by atoms with Crippen molar-refractivity contribution in [1.29, 1.82) is 0 Å². The Morgan fingerprint density at radius 1 is 0.556 bits per heavy atom. The summed E-state index contributed by atoms with van der Waals surface area (Å²) >= 11 is 0. The molecule has 5 heterocycles. The summed E-state index contributed by atoms with van der Waals surface area (Å²) in [6, 6.07) is 38.4. The highest BCUT2D eigenvalue weighted by atomic mass is 16.5. The molecule has 2 aliphatic rings. The number of anilines is 3. The van der Waals surface area contributed by atoms with Gasteiger partial charge in [0.05, 0.1) is 22.4 Å². The van der Waals surface area contributed by atoms with Crippen molar-refractivity contribution >= 4 is 39.0 Å². The molecule has 0 saturated heterocycles. The van der Waals surface area contributed by atoms with Crippen LogP contribution in [0, 0.1) is 0 Å². The van der Waals surface area contributed by atoms with Crippen molar-refractivity contribution in [2.45, 2.75) is 38.5 Å². The number of hydrogen-bond acceptors (Lipinski definition) is 4. The van der Waals surface area contributed by atoms with Crippen LogP contribution in [0.15, 0.2) is 122 Å². The van der Waals surface area contributed by atoms with E-state index < -0.39 is 0 Å². The highest BCUT2D eigenvalue weighted by molar-refractivity contribution is 6.09. The minimum Gasteiger partial charge on any atom is -0.457 e. The van der Waals surface area contributed by atoms with Crippen LogP contribution in [0.25, 0.3) is 27.6 Å². The van der Waals surface area contributed by atoms with Gasteiger partial charge in [-0.15, -0.1) is 0 Å². The lowest BCUT2D eigenvalue weighted by atomic mass is 9.67. The quantitative estimate of drug-likeness (QED) is 0.207. The molecule has 0 amide bonds. The molecule has 0 bridgehead atoms. The first-order valence-electron chi connectivity index (χ1n) is 15.5. The minimum absolute atomic E-state index is 0.172. The molecule has 2 aliphatic heterocycles. The summed E-state index contributed by atoms with van der Waals surface area (Å²) in [6.45, 7) is 9.26. The number of benzene rings is 4. The van der Waals surface area contributed by atoms with E-state index in [1.807, 2.05) is 36.7 Å². The summed E-state index contributed by atoms with van der Waals surface area (Å²) in [5, 5.41) is 2.35. The van der Waals surface area contributed by atoms with E-state index in [0.29, 0.717) is 0 Å². The van der Waals surface area contributed by atoms with Crippen molar-refractivity contribution in [3.05, 3.63) is 144 Å². The summed E-state index contributed by atoms with van der Waals surface area (Å²) in [7, 11) is 0. The minimum atomic E-state index is -0.194. The van der Waals surface area contributed by atoms with Crippen molar-refractivity contribution in [3.63, 3.8) is 0 Å². The van der Waals surface area contributed by atoms with Crippen molar-refractivity contribution < 1.29 is 4.74 Å². The smallest absolute Gasteiger partial charge is 0.141 e. The third-order valence-electron chi connectivity index (χ3n) is 9.92. The molecule has 5 nitrogen and oxygen atoms in total. The van der Waals surface area contributed by atoms with Crippen LogP contribution in [-0.4, -0.2) is 14.5 Å². The van der Waals surface area contributed by atoms with E-state index in [1.165, 1.54) is 38.7 Å². The number of rotatable bonds is 3. The lowest BCUT2D eigenvalue weighted by molar-refractivity contribution is 0.482. The first kappa shape index (κ1) is 26.0. The lowest BCUT2D eigenvalue weighted by Crippen LogP contribution is -2.38. The Bertz CT molecular complexity index is 2300. The molecule has 5 heteroatoms. The molecule has 45 heavy (non-hydrogen) atoms. The zero-order valence-corrected chi connectivity index (χ0v) is 25.7. The van der Waals surface area contributed by atoms with Gasteiger partial charge in [-0.2, -0.15) is 0 Å². The van der Waals surface area contributed by atoms with Crippen molar-refractivity contribution in [2.75, 3.05) is 4.90 Å². The lowest BCUT2D eigenvalue weighted by Gasteiger charge is -2.48. The van der Waals surface area contributed by atoms with Gasteiger partial charge in [-0.25, -0.2) is 9.97 Å². The van der Waals surface area contributed by atoms with E-state index in [9.17, 15) is 0 Å². The van der Waals surface area contributed by atoms with Gasteiger partial charge in [0.2, 0.25) is 0 Å². The molecule has 3 aromatic heterocycles. The van der Waals surface area contributed by atoms with Crippen LogP contribution in [-0.2, 0) is 10.8 Å². The van der Waals surface area contributed by atoms with E-state index in [1.54, 1.807) is 0 Å². The predicted octanol–water partition coefficient (Wildman–Crippen LogP) is 10.1. The molecule has 0 atom stereocenters. The Morgan fingerprint density at radius 2 is 1.24 bits per heavy atom. The number of nitrogens with zero attached hydrogens (tertiary/aromatic N) is 4. The summed E-state index contributed by atoms with van der Waals surface area (Å²) in [6.07, 6.45) is 3.74. The van der Waals surface area contributed by atoms with Crippen LogP contribution in [0.3, 0.4) is 0 Å². The summed E-state index contributed by atoms with van der Waals surface area (Å²) in [4.78, 5) is 12.0. The standard InChI is InChI=1S/C40H32N4O/c1-39(2)29-20-18-26(24-35(29)44-37-30(39)12-9-13-31(37)40(3,4)32-14-10-22-42-38(32)44)45-25-17-19-28-27-11-5-6-15-33(27)43(34(28)23-25)36-16-7-8-21-41-36/h5-24H,1-4H3. The number of aromatic nitrogens is 3. The van der Waals surface area contributed by atoms with E-state index in [-0.39, 0.29) is 10.8 Å². The fourth-order valence-electron chi connectivity index (χ4n) is 7.66. The SMILES string of the molecule is CC1(C)c2ccc(Oc3ccc4c5ccccc5n(-c5ccccn5)c4c3)cc2N2c3ncccc3C(C)(C)c3cccc1c32. The Morgan fingerprint density at radius 3 is 2.07 bits per heavy atom. The molecule has 0 radical (unpaired) electrons. The van der Waals surface area contributed by atoms with Gasteiger partial charge in [0.25, 0.3) is 0 Å². The second-order valence-electron chi connectivity index (χ2n) is 13.2. The fourth-order valence-corrected chi connectivity index (χ4v) is 7.66. The predicted molar refractivity (Wildman–Crippen MR) is 182 cm³/mol. The van der Waals surface area contributed by atoms with Crippen LogP contribution < -0.4 is 9.64 Å². The number of pyridine rings is 2.